The second-order valence-corrected chi connectivity index (χ2v) is 11.3. The maximum atomic E-state index is 14.1. The first-order valence-corrected chi connectivity index (χ1v) is 12.6. The van der Waals surface area contributed by atoms with Gasteiger partial charge in [-0.25, -0.2) is 12.8 Å². The number of nitrogens with zero attached hydrogens (tertiary/aromatic N) is 2. The van der Waals surface area contributed by atoms with Crippen LogP contribution in [0.2, 0.25) is 0 Å². The molecule has 1 aromatic heterocycles. The molecule has 3 aliphatic heterocycles. The number of hydrogen-bond donors (Lipinski definition) is 2. The third-order valence-electron chi connectivity index (χ3n) is 7.10. The van der Waals surface area contributed by atoms with Gasteiger partial charge in [-0.05, 0) is 70.4 Å². The van der Waals surface area contributed by atoms with Crippen LogP contribution in [0.3, 0.4) is 0 Å². The van der Waals surface area contributed by atoms with Crippen molar-refractivity contribution < 1.29 is 22.1 Å². The highest BCUT2D eigenvalue weighted by Gasteiger charge is 2.50. The molecule has 1 amide bonds. The van der Waals surface area contributed by atoms with Gasteiger partial charge in [0.15, 0.2) is 17.1 Å². The van der Waals surface area contributed by atoms with Crippen molar-refractivity contribution in [1.29, 1.82) is 0 Å². The molecule has 3 atom stereocenters. The fraction of sp³-hybridized carbons (Fsp3) is 0.800. The van der Waals surface area contributed by atoms with Crippen molar-refractivity contribution >= 4 is 15.9 Å². The van der Waals surface area contributed by atoms with Crippen LogP contribution < -0.4 is 10.6 Å². The molecule has 1 unspecified atom stereocenters. The Kier molecular flexibility index (Phi) is 5.14. The van der Waals surface area contributed by atoms with E-state index in [9.17, 15) is 17.6 Å². The summed E-state index contributed by atoms with van der Waals surface area (Å²) in [6, 6.07) is 1.15. The smallest absolute Gasteiger partial charge is 0.273 e. The Morgan fingerprint density at radius 2 is 1.90 bits per heavy atom. The Balaban J connectivity index is 1.21. The van der Waals surface area contributed by atoms with E-state index in [0.29, 0.717) is 25.7 Å². The van der Waals surface area contributed by atoms with Crippen molar-refractivity contribution in [2.75, 3.05) is 18.8 Å². The van der Waals surface area contributed by atoms with E-state index in [1.54, 1.807) is 4.31 Å². The second kappa shape index (κ2) is 7.56. The molecular weight excluding hydrogens is 411 g/mol. The van der Waals surface area contributed by atoms with Gasteiger partial charge in [0.25, 0.3) is 5.91 Å². The number of nitrogens with one attached hydrogen (secondary N) is 2. The number of hydrogen-bond acceptors (Lipinski definition) is 6. The number of alkyl halides is 1. The van der Waals surface area contributed by atoms with Gasteiger partial charge in [-0.15, -0.1) is 0 Å². The molecule has 2 N–H and O–H groups in total. The van der Waals surface area contributed by atoms with Crippen LogP contribution in [0.4, 0.5) is 4.39 Å². The van der Waals surface area contributed by atoms with Crippen LogP contribution >= 0.6 is 0 Å². The van der Waals surface area contributed by atoms with Crippen molar-refractivity contribution in [3.8, 4) is 0 Å². The molecule has 4 fully saturated rings. The van der Waals surface area contributed by atoms with Gasteiger partial charge in [0.1, 0.15) is 0 Å². The zero-order valence-corrected chi connectivity index (χ0v) is 17.8. The molecule has 2 bridgehead atoms. The van der Waals surface area contributed by atoms with E-state index in [1.807, 2.05) is 0 Å². The van der Waals surface area contributed by atoms with Gasteiger partial charge < -0.3 is 15.2 Å². The lowest BCUT2D eigenvalue weighted by molar-refractivity contribution is 0.0899. The predicted molar refractivity (Wildman–Crippen MR) is 107 cm³/mol. The molecule has 1 aromatic rings. The average Bonchev–Trinajstić information content (AvgIpc) is 3.13. The van der Waals surface area contributed by atoms with E-state index in [2.05, 4.69) is 15.8 Å². The molecule has 4 heterocycles. The van der Waals surface area contributed by atoms with E-state index >= 15 is 0 Å². The number of rotatable bonds is 6. The summed E-state index contributed by atoms with van der Waals surface area (Å²) in [6.45, 7) is 1.77. The summed E-state index contributed by atoms with van der Waals surface area (Å²) in [5.41, 5.74) is -1.37. The van der Waals surface area contributed by atoms with E-state index in [4.69, 9.17) is 4.52 Å². The van der Waals surface area contributed by atoms with E-state index in [1.165, 1.54) is 6.07 Å². The molecule has 5 rings (SSSR count). The Morgan fingerprint density at radius 1 is 1.23 bits per heavy atom. The van der Waals surface area contributed by atoms with Crippen molar-refractivity contribution in [3.05, 3.63) is 17.5 Å². The molecule has 0 radical (unpaired) electrons. The van der Waals surface area contributed by atoms with E-state index < -0.39 is 15.7 Å². The third-order valence-corrected chi connectivity index (χ3v) is 9.23. The third kappa shape index (κ3) is 3.89. The van der Waals surface area contributed by atoms with Crippen molar-refractivity contribution in [3.63, 3.8) is 0 Å². The number of fused-ring (bicyclic) bond motifs is 2. The lowest BCUT2D eigenvalue weighted by Gasteiger charge is -2.39. The SMILES string of the molecule is O=C(NC1C[C@H]2CC[C@@H](C1)N2S(=O)(=O)CC1CCNCC1)c1cc(C2(F)CC2)on1. The van der Waals surface area contributed by atoms with Crippen molar-refractivity contribution in [2.24, 2.45) is 5.92 Å². The molecule has 10 heteroatoms. The molecule has 0 aromatic carbocycles. The summed E-state index contributed by atoms with van der Waals surface area (Å²) in [5.74, 6) is 0.182. The van der Waals surface area contributed by atoms with Crippen LogP contribution in [-0.2, 0) is 15.7 Å². The zero-order valence-electron chi connectivity index (χ0n) is 17.0. The maximum Gasteiger partial charge on any atom is 0.273 e. The molecule has 1 aliphatic carbocycles. The van der Waals surface area contributed by atoms with Crippen LogP contribution in [0.25, 0.3) is 0 Å². The summed E-state index contributed by atoms with van der Waals surface area (Å²) < 4.78 is 47.1. The van der Waals surface area contributed by atoms with Crippen LogP contribution in [0.1, 0.15) is 67.6 Å². The summed E-state index contributed by atoms with van der Waals surface area (Å²) in [5, 5.41) is 9.96. The Hall–Kier alpha value is -1.52. The number of amides is 1. The van der Waals surface area contributed by atoms with Gasteiger partial charge in [0.2, 0.25) is 10.0 Å². The van der Waals surface area contributed by atoms with Gasteiger partial charge in [-0.1, -0.05) is 5.16 Å². The van der Waals surface area contributed by atoms with Gasteiger partial charge in [-0.2, -0.15) is 4.31 Å². The highest BCUT2D eigenvalue weighted by Crippen LogP contribution is 2.49. The molecule has 8 nitrogen and oxygen atoms in total. The van der Waals surface area contributed by atoms with Crippen LogP contribution in [0.15, 0.2) is 10.6 Å². The first kappa shape index (κ1) is 20.4. The molecule has 166 valence electrons. The predicted octanol–water partition coefficient (Wildman–Crippen LogP) is 1.69. The van der Waals surface area contributed by atoms with Gasteiger partial charge in [-0.3, -0.25) is 4.79 Å². The van der Waals surface area contributed by atoms with Crippen molar-refractivity contribution in [2.45, 2.75) is 75.2 Å². The summed E-state index contributed by atoms with van der Waals surface area (Å²) >= 11 is 0. The van der Waals surface area contributed by atoms with Gasteiger partial charge in [0.05, 0.1) is 5.75 Å². The molecule has 30 heavy (non-hydrogen) atoms. The number of carbonyl (C=O) groups is 1. The van der Waals surface area contributed by atoms with Crippen LogP contribution in [-0.4, -0.2) is 60.8 Å². The minimum Gasteiger partial charge on any atom is -0.357 e. The maximum absolute atomic E-state index is 14.1. The fourth-order valence-corrected chi connectivity index (χ4v) is 7.74. The van der Waals surface area contributed by atoms with Gasteiger partial charge in [0, 0.05) is 24.2 Å². The topological polar surface area (TPSA) is 105 Å². The quantitative estimate of drug-likeness (QED) is 0.698. The number of halogens is 1. The highest BCUT2D eigenvalue weighted by molar-refractivity contribution is 7.89. The minimum absolute atomic E-state index is 0.0609. The summed E-state index contributed by atoms with van der Waals surface area (Å²) in [4.78, 5) is 12.6. The van der Waals surface area contributed by atoms with Crippen LogP contribution in [0, 0.1) is 5.92 Å². The molecular formula is C20H29FN4O4S. The minimum atomic E-state index is -3.31. The Labute approximate surface area is 176 Å². The second-order valence-electron chi connectivity index (χ2n) is 9.37. The number of piperidine rings is 2. The first-order valence-electron chi connectivity index (χ1n) is 11.0. The molecule has 4 aliphatic rings. The number of carbonyl (C=O) groups excluding carboxylic acids is 1. The highest BCUT2D eigenvalue weighted by atomic mass is 32.2. The standard InChI is InChI=1S/C20H29FN4O4S/c21-20(5-6-20)18-11-17(24-29-18)19(26)23-14-9-15-1-2-16(10-14)25(15)30(27,28)12-13-3-7-22-8-4-13/h11,13-16,22H,1-10,12H2,(H,23,26)/t14?,15-,16+. The molecule has 3 saturated heterocycles. The van der Waals surface area contributed by atoms with E-state index in [0.717, 1.165) is 38.8 Å². The molecule has 0 spiro atoms. The number of aromatic nitrogens is 1. The van der Waals surface area contributed by atoms with Crippen molar-refractivity contribution in [1.82, 2.24) is 20.1 Å². The Morgan fingerprint density at radius 3 is 2.53 bits per heavy atom. The average molecular weight is 441 g/mol. The Bertz CT molecular complexity index is 896. The molecule has 1 saturated carbocycles. The largest absolute Gasteiger partial charge is 0.357 e. The summed E-state index contributed by atoms with van der Waals surface area (Å²) in [6.07, 6.45) is 5.48. The fourth-order valence-electron chi connectivity index (χ4n) is 5.35. The number of sulfonamides is 1. The summed E-state index contributed by atoms with van der Waals surface area (Å²) in [7, 11) is -3.31. The lowest BCUT2D eigenvalue weighted by atomic mass is 9.99. The normalized spacial score (nSPS) is 31.6. The van der Waals surface area contributed by atoms with E-state index in [-0.39, 0.29) is 47.2 Å². The van der Waals surface area contributed by atoms with Gasteiger partial charge >= 0.3 is 0 Å². The lowest BCUT2D eigenvalue weighted by Crippen LogP contribution is -2.53. The zero-order chi connectivity index (χ0) is 20.9. The monoisotopic (exact) mass is 440 g/mol. The first-order chi connectivity index (χ1) is 14.3. The van der Waals surface area contributed by atoms with Crippen LogP contribution in [0.5, 0.6) is 0 Å².